The first-order valence-electron chi connectivity index (χ1n) is 11.6. The van der Waals surface area contributed by atoms with Crippen LogP contribution in [-0.2, 0) is 36.3 Å². The summed E-state index contributed by atoms with van der Waals surface area (Å²) in [5, 5.41) is 0. The van der Waals surface area contributed by atoms with E-state index in [0.29, 0.717) is 23.7 Å². The van der Waals surface area contributed by atoms with Crippen molar-refractivity contribution in [1.29, 1.82) is 0 Å². The van der Waals surface area contributed by atoms with Gasteiger partial charge in [0.25, 0.3) is 5.56 Å². The van der Waals surface area contributed by atoms with Crippen LogP contribution < -0.4 is 16.1 Å². The molecule has 0 bridgehead atoms. The number of ether oxygens (including phenoxy) is 1. The second kappa shape index (κ2) is 8.90. The second-order valence-electron chi connectivity index (χ2n) is 9.13. The summed E-state index contributed by atoms with van der Waals surface area (Å²) in [7, 11) is 1.56. The predicted octanol–water partition coefficient (Wildman–Crippen LogP) is 2.74. The summed E-state index contributed by atoms with van der Waals surface area (Å²) in [6, 6.07) is 17.4. The maximum absolute atomic E-state index is 13.5. The lowest BCUT2D eigenvalue weighted by Gasteiger charge is -2.33. The van der Waals surface area contributed by atoms with Crippen molar-refractivity contribution in [2.75, 3.05) is 11.4 Å². The van der Waals surface area contributed by atoms with Crippen molar-refractivity contribution in [3.8, 4) is 0 Å². The van der Waals surface area contributed by atoms with Gasteiger partial charge in [0.15, 0.2) is 11.2 Å². The lowest BCUT2D eigenvalue weighted by atomic mass is 10.1. The van der Waals surface area contributed by atoms with E-state index >= 15 is 0 Å². The van der Waals surface area contributed by atoms with Crippen molar-refractivity contribution in [3.05, 3.63) is 86.6 Å². The molecular weight excluding hydrogens is 446 g/mol. The van der Waals surface area contributed by atoms with Crippen molar-refractivity contribution >= 4 is 28.8 Å². The smallest absolute Gasteiger partial charge is 0.333 e. The third-order valence-electron chi connectivity index (χ3n) is 6.32. The van der Waals surface area contributed by atoms with Crippen LogP contribution in [0.15, 0.2) is 64.2 Å². The van der Waals surface area contributed by atoms with Gasteiger partial charge in [0.1, 0.15) is 13.2 Å². The third kappa shape index (κ3) is 4.14. The molecule has 2 aromatic carbocycles. The first-order chi connectivity index (χ1) is 16.8. The van der Waals surface area contributed by atoms with Crippen LogP contribution in [0, 0.1) is 12.8 Å². The van der Waals surface area contributed by atoms with Crippen molar-refractivity contribution in [2.45, 2.75) is 33.5 Å². The summed E-state index contributed by atoms with van der Waals surface area (Å²) < 4.78 is 9.42. The zero-order valence-corrected chi connectivity index (χ0v) is 20.0. The van der Waals surface area contributed by atoms with Gasteiger partial charge < -0.3 is 14.2 Å². The fourth-order valence-electron chi connectivity index (χ4n) is 4.50. The van der Waals surface area contributed by atoms with Crippen LogP contribution in [0.5, 0.6) is 0 Å². The maximum Gasteiger partial charge on any atom is 0.333 e. The summed E-state index contributed by atoms with van der Waals surface area (Å²) in [5.74, 6) is 0.195. The minimum Gasteiger partial charge on any atom is -0.459 e. The number of fused-ring (bicyclic) bond motifs is 3. The summed E-state index contributed by atoms with van der Waals surface area (Å²) in [4.78, 5) is 45.8. The summed E-state index contributed by atoms with van der Waals surface area (Å²) in [6.07, 6.45) is 0. The number of nitrogens with zero attached hydrogens (tertiary/aromatic N) is 5. The van der Waals surface area contributed by atoms with Gasteiger partial charge in [-0.05, 0) is 30.5 Å². The van der Waals surface area contributed by atoms with E-state index in [1.165, 1.54) is 4.57 Å². The van der Waals surface area contributed by atoms with Gasteiger partial charge in [0.2, 0.25) is 5.95 Å². The summed E-state index contributed by atoms with van der Waals surface area (Å²) in [5.41, 5.74) is 2.40. The molecule has 0 aliphatic carbocycles. The van der Waals surface area contributed by atoms with Crippen molar-refractivity contribution < 1.29 is 9.53 Å². The van der Waals surface area contributed by atoms with Crippen molar-refractivity contribution in [2.24, 2.45) is 13.0 Å². The third-order valence-corrected chi connectivity index (χ3v) is 6.32. The molecule has 1 aliphatic heterocycles. The number of hydrogen-bond acceptors (Lipinski definition) is 6. The number of aryl methyl sites for hydroxylation is 2. The maximum atomic E-state index is 13.5. The highest BCUT2D eigenvalue weighted by Gasteiger charge is 2.30. The van der Waals surface area contributed by atoms with Crippen LogP contribution in [0.3, 0.4) is 0 Å². The highest BCUT2D eigenvalue weighted by molar-refractivity contribution is 5.77. The highest BCUT2D eigenvalue weighted by Crippen LogP contribution is 2.32. The number of carbonyl (C=O) groups is 1. The van der Waals surface area contributed by atoms with Crippen molar-refractivity contribution in [3.63, 3.8) is 0 Å². The van der Waals surface area contributed by atoms with Gasteiger partial charge in [-0.1, -0.05) is 55.0 Å². The molecule has 1 aliphatic rings. The highest BCUT2D eigenvalue weighted by atomic mass is 16.5. The SMILES string of the molecule is Cc1ccc(N2C[C@H](C)Cn3c2nc2c3c(=O)n(CC(=O)OCc3ccccc3)c(=O)n2C)cc1. The molecule has 0 radical (unpaired) electrons. The van der Waals surface area contributed by atoms with E-state index in [4.69, 9.17) is 9.72 Å². The number of aromatic nitrogens is 4. The predicted molar refractivity (Wildman–Crippen MR) is 133 cm³/mol. The molecule has 0 fully saturated rings. The molecule has 0 unspecified atom stereocenters. The Morgan fingerprint density at radius 3 is 2.49 bits per heavy atom. The van der Waals surface area contributed by atoms with Crippen LogP contribution in [0.1, 0.15) is 18.1 Å². The monoisotopic (exact) mass is 473 g/mol. The Hall–Kier alpha value is -4.14. The molecular formula is C26H27N5O4. The van der Waals surface area contributed by atoms with E-state index in [1.807, 2.05) is 66.1 Å². The fourth-order valence-corrected chi connectivity index (χ4v) is 4.50. The Morgan fingerprint density at radius 1 is 1.06 bits per heavy atom. The topological polar surface area (TPSA) is 91.4 Å². The van der Waals surface area contributed by atoms with Gasteiger partial charge in [-0.2, -0.15) is 4.98 Å². The molecule has 0 saturated heterocycles. The lowest BCUT2D eigenvalue weighted by molar-refractivity contribution is -0.145. The molecule has 35 heavy (non-hydrogen) atoms. The molecule has 0 amide bonds. The Kier molecular flexibility index (Phi) is 5.76. The van der Waals surface area contributed by atoms with Gasteiger partial charge in [0.05, 0.1) is 0 Å². The number of anilines is 2. The zero-order chi connectivity index (χ0) is 24.7. The average molecular weight is 474 g/mol. The van der Waals surface area contributed by atoms with Crippen molar-refractivity contribution in [1.82, 2.24) is 18.7 Å². The van der Waals surface area contributed by atoms with Crippen LogP contribution >= 0.6 is 0 Å². The molecule has 9 nitrogen and oxygen atoms in total. The normalized spacial score (nSPS) is 15.3. The number of imidazole rings is 1. The molecule has 0 saturated carbocycles. The average Bonchev–Trinajstić information content (AvgIpc) is 3.24. The van der Waals surface area contributed by atoms with E-state index < -0.39 is 23.8 Å². The molecule has 180 valence electrons. The van der Waals surface area contributed by atoms with Crippen LogP contribution in [0.2, 0.25) is 0 Å². The minimum atomic E-state index is -0.652. The van der Waals surface area contributed by atoms with Gasteiger partial charge >= 0.3 is 11.7 Å². The zero-order valence-electron chi connectivity index (χ0n) is 20.0. The van der Waals surface area contributed by atoms with E-state index in [-0.39, 0.29) is 12.5 Å². The fraction of sp³-hybridized carbons (Fsp3) is 0.308. The standard InChI is InChI=1S/C26H27N5O4/c1-17-9-11-20(12-10-17)29-13-18(2)14-30-22-23(27-25(29)30)28(3)26(34)31(24(22)33)15-21(32)35-16-19-7-5-4-6-8-19/h4-12,18H,13-16H2,1-3H3/t18-/m0/s1. The van der Waals surface area contributed by atoms with E-state index in [1.54, 1.807) is 7.05 Å². The van der Waals surface area contributed by atoms with Crippen LogP contribution in [-0.4, -0.2) is 31.2 Å². The van der Waals surface area contributed by atoms with Gasteiger partial charge in [-0.15, -0.1) is 0 Å². The molecule has 0 spiro atoms. The molecule has 0 N–H and O–H groups in total. The Bertz CT molecular complexity index is 1520. The molecule has 1 atom stereocenters. The van der Waals surface area contributed by atoms with Gasteiger partial charge in [0, 0.05) is 25.8 Å². The van der Waals surface area contributed by atoms with E-state index in [0.717, 1.165) is 27.9 Å². The van der Waals surface area contributed by atoms with Crippen LogP contribution in [0.25, 0.3) is 11.2 Å². The molecule has 3 heterocycles. The Balaban J connectivity index is 1.54. The molecule has 2 aromatic heterocycles. The van der Waals surface area contributed by atoms with Gasteiger partial charge in [-0.3, -0.25) is 14.2 Å². The minimum absolute atomic E-state index is 0.0715. The Labute approximate surface area is 201 Å². The Morgan fingerprint density at radius 2 is 1.77 bits per heavy atom. The van der Waals surface area contributed by atoms with Gasteiger partial charge in [-0.25, -0.2) is 9.36 Å². The first kappa shape index (κ1) is 22.6. The number of esters is 1. The van der Waals surface area contributed by atoms with Crippen LogP contribution in [0.4, 0.5) is 11.6 Å². The largest absolute Gasteiger partial charge is 0.459 e. The first-order valence-corrected chi connectivity index (χ1v) is 11.6. The number of hydrogen-bond donors (Lipinski definition) is 0. The number of rotatable bonds is 5. The molecule has 9 heteroatoms. The van der Waals surface area contributed by atoms with E-state index in [2.05, 4.69) is 11.8 Å². The lowest BCUT2D eigenvalue weighted by Crippen LogP contribution is -2.42. The molecule has 5 rings (SSSR count). The summed E-state index contributed by atoms with van der Waals surface area (Å²) >= 11 is 0. The van der Waals surface area contributed by atoms with E-state index in [9.17, 15) is 14.4 Å². The molecule has 4 aromatic rings. The second-order valence-corrected chi connectivity index (χ2v) is 9.13. The summed E-state index contributed by atoms with van der Waals surface area (Å²) in [6.45, 7) is 5.06. The quantitative estimate of drug-likeness (QED) is 0.414. The number of benzene rings is 2. The number of carbonyl (C=O) groups excluding carboxylic acids is 1.